The van der Waals surface area contributed by atoms with Gasteiger partial charge in [-0.05, 0) is 30.5 Å². The second-order valence-electron chi connectivity index (χ2n) is 7.53. The average molecular weight is 372 g/mol. The van der Waals surface area contributed by atoms with Gasteiger partial charge in [0.2, 0.25) is 0 Å². The fourth-order valence-corrected chi connectivity index (χ4v) is 4.65. The molecule has 140 valence electrons. The topological polar surface area (TPSA) is 73.4 Å². The van der Waals surface area contributed by atoms with Gasteiger partial charge in [0.15, 0.2) is 5.78 Å². The second kappa shape index (κ2) is 6.09. The number of nitrogens with zero attached hydrogens (tertiary/aromatic N) is 1. The summed E-state index contributed by atoms with van der Waals surface area (Å²) in [6, 6.07) is 17.2. The predicted octanol–water partition coefficient (Wildman–Crippen LogP) is 3.62. The highest BCUT2D eigenvalue weighted by Gasteiger charge is 2.51. The van der Waals surface area contributed by atoms with Crippen molar-refractivity contribution >= 4 is 22.6 Å². The van der Waals surface area contributed by atoms with Gasteiger partial charge < -0.3 is 15.0 Å². The molecule has 1 fully saturated rings. The number of amides is 1. The zero-order chi connectivity index (χ0) is 19.4. The normalized spacial score (nSPS) is 23.1. The van der Waals surface area contributed by atoms with E-state index >= 15 is 0 Å². The van der Waals surface area contributed by atoms with Gasteiger partial charge in [-0.2, -0.15) is 0 Å². The first-order valence-electron chi connectivity index (χ1n) is 9.46. The lowest BCUT2D eigenvalue weighted by atomic mass is 9.89. The standard InChI is InChI=1S/C23H20N2O3/c1-13(26)20-22(27)19-12-16-15-9-5-6-10-17(15)24-21(16)18(25(19)23(20)28)11-14-7-3-2-4-8-14/h2-10,18-19,24,26H,11-12H2,1H3/b20-13-/t18-,19+/m1/s1. The van der Waals surface area contributed by atoms with Crippen LogP contribution >= 0.6 is 0 Å². The number of carbonyl (C=O) groups is 2. The first kappa shape index (κ1) is 16.8. The maximum absolute atomic E-state index is 13.1. The van der Waals surface area contributed by atoms with E-state index in [1.54, 1.807) is 4.90 Å². The second-order valence-corrected chi connectivity index (χ2v) is 7.53. The summed E-state index contributed by atoms with van der Waals surface area (Å²) in [5, 5.41) is 11.1. The van der Waals surface area contributed by atoms with Crippen LogP contribution in [-0.4, -0.2) is 32.7 Å². The highest BCUT2D eigenvalue weighted by atomic mass is 16.3. The number of hydrogen-bond acceptors (Lipinski definition) is 3. The third-order valence-corrected chi connectivity index (χ3v) is 5.88. The van der Waals surface area contributed by atoms with Gasteiger partial charge in [-0.1, -0.05) is 48.5 Å². The number of para-hydroxylation sites is 1. The molecule has 0 spiro atoms. The number of fused-ring (bicyclic) bond motifs is 4. The molecular formula is C23H20N2O3. The summed E-state index contributed by atoms with van der Waals surface area (Å²) < 4.78 is 0. The highest BCUT2D eigenvalue weighted by Crippen LogP contribution is 2.43. The summed E-state index contributed by atoms with van der Waals surface area (Å²) in [5.41, 5.74) is 4.12. The SMILES string of the molecule is C/C(O)=C1\C(=O)[C@@H]2Cc3c([nH]c4ccccc34)[C@@H](Cc3ccccc3)N2C1=O. The van der Waals surface area contributed by atoms with Crippen molar-refractivity contribution in [3.05, 3.63) is 82.8 Å². The number of hydrogen-bond donors (Lipinski definition) is 2. The molecule has 2 aromatic carbocycles. The highest BCUT2D eigenvalue weighted by molar-refractivity contribution is 6.27. The van der Waals surface area contributed by atoms with Crippen LogP contribution in [0.4, 0.5) is 0 Å². The molecule has 0 unspecified atom stereocenters. The van der Waals surface area contributed by atoms with E-state index in [2.05, 4.69) is 11.1 Å². The molecule has 5 rings (SSSR count). The Hall–Kier alpha value is -3.34. The van der Waals surface area contributed by atoms with Crippen LogP contribution in [0.1, 0.15) is 29.8 Å². The van der Waals surface area contributed by atoms with Gasteiger partial charge >= 0.3 is 0 Å². The molecule has 1 saturated heterocycles. The monoisotopic (exact) mass is 372 g/mol. The van der Waals surface area contributed by atoms with Crippen molar-refractivity contribution in [2.75, 3.05) is 0 Å². The summed E-state index contributed by atoms with van der Waals surface area (Å²) in [4.78, 5) is 31.2. The fraction of sp³-hybridized carbons (Fsp3) is 0.217. The van der Waals surface area contributed by atoms with Crippen molar-refractivity contribution in [1.82, 2.24) is 9.88 Å². The van der Waals surface area contributed by atoms with Crippen LogP contribution in [0.25, 0.3) is 10.9 Å². The minimum absolute atomic E-state index is 0.0717. The van der Waals surface area contributed by atoms with Gasteiger partial charge in [-0.25, -0.2) is 0 Å². The number of benzene rings is 2. The minimum Gasteiger partial charge on any atom is -0.512 e. The van der Waals surface area contributed by atoms with Gasteiger partial charge in [-0.3, -0.25) is 9.59 Å². The summed E-state index contributed by atoms with van der Waals surface area (Å²) in [7, 11) is 0. The summed E-state index contributed by atoms with van der Waals surface area (Å²) in [6.07, 6.45) is 1.07. The van der Waals surface area contributed by atoms with E-state index in [4.69, 9.17) is 0 Å². The molecule has 1 aromatic heterocycles. The Morgan fingerprint density at radius 1 is 1.11 bits per heavy atom. The van der Waals surface area contributed by atoms with Gasteiger partial charge in [0.25, 0.3) is 5.91 Å². The number of rotatable bonds is 2. The average Bonchev–Trinajstić information content (AvgIpc) is 3.18. The Balaban J connectivity index is 1.70. The van der Waals surface area contributed by atoms with E-state index in [0.29, 0.717) is 12.8 Å². The minimum atomic E-state index is -0.565. The molecule has 1 amide bonds. The Labute approximate surface area is 162 Å². The van der Waals surface area contributed by atoms with E-state index in [9.17, 15) is 14.7 Å². The smallest absolute Gasteiger partial charge is 0.262 e. The molecule has 0 saturated carbocycles. The van der Waals surface area contributed by atoms with Crippen molar-refractivity contribution in [3.63, 3.8) is 0 Å². The number of H-pyrrole nitrogens is 1. The number of aliphatic hydroxyl groups excluding tert-OH is 1. The Morgan fingerprint density at radius 2 is 1.82 bits per heavy atom. The van der Waals surface area contributed by atoms with Crippen LogP contribution in [0.15, 0.2) is 65.9 Å². The number of aromatic amines is 1. The lowest BCUT2D eigenvalue weighted by molar-refractivity contribution is -0.130. The Kier molecular flexibility index (Phi) is 3.66. The number of aliphatic hydroxyl groups is 1. The molecule has 3 heterocycles. The predicted molar refractivity (Wildman–Crippen MR) is 106 cm³/mol. The first-order valence-corrected chi connectivity index (χ1v) is 9.46. The number of allylic oxidation sites excluding steroid dienone is 1. The number of ketones is 1. The van der Waals surface area contributed by atoms with Crippen molar-refractivity contribution in [3.8, 4) is 0 Å². The molecule has 28 heavy (non-hydrogen) atoms. The van der Waals surface area contributed by atoms with E-state index in [-0.39, 0.29) is 29.1 Å². The molecular weight excluding hydrogens is 352 g/mol. The molecule has 2 atom stereocenters. The number of aromatic nitrogens is 1. The Bertz CT molecular complexity index is 1140. The molecule has 2 N–H and O–H groups in total. The quantitative estimate of drug-likeness (QED) is 0.410. The molecule has 3 aromatic rings. The molecule has 0 radical (unpaired) electrons. The van der Waals surface area contributed by atoms with Crippen LogP contribution in [-0.2, 0) is 22.4 Å². The molecule has 0 bridgehead atoms. The largest absolute Gasteiger partial charge is 0.512 e. The molecule has 2 aliphatic heterocycles. The number of carbonyl (C=O) groups excluding carboxylic acids is 2. The number of Topliss-reactive ketones (excluding diaryl/α,β-unsaturated/α-hetero) is 1. The van der Waals surface area contributed by atoms with Crippen LogP contribution in [0, 0.1) is 0 Å². The third kappa shape index (κ3) is 2.32. The van der Waals surface area contributed by atoms with Gasteiger partial charge in [-0.15, -0.1) is 0 Å². The summed E-state index contributed by atoms with van der Waals surface area (Å²) >= 11 is 0. The van der Waals surface area contributed by atoms with Gasteiger partial charge in [0, 0.05) is 23.0 Å². The van der Waals surface area contributed by atoms with E-state index in [0.717, 1.165) is 27.7 Å². The first-order chi connectivity index (χ1) is 13.6. The lowest BCUT2D eigenvalue weighted by Gasteiger charge is -2.36. The van der Waals surface area contributed by atoms with E-state index in [1.165, 1.54) is 6.92 Å². The fourth-order valence-electron chi connectivity index (χ4n) is 4.65. The van der Waals surface area contributed by atoms with Crippen molar-refractivity contribution in [1.29, 1.82) is 0 Å². The van der Waals surface area contributed by atoms with E-state index in [1.807, 2.05) is 48.5 Å². The van der Waals surface area contributed by atoms with Crippen LogP contribution < -0.4 is 0 Å². The summed E-state index contributed by atoms with van der Waals surface area (Å²) in [6.45, 7) is 1.41. The van der Waals surface area contributed by atoms with Crippen molar-refractivity contribution in [2.45, 2.75) is 31.8 Å². The zero-order valence-corrected chi connectivity index (χ0v) is 15.5. The molecule has 5 heteroatoms. The van der Waals surface area contributed by atoms with Crippen LogP contribution in [0.3, 0.4) is 0 Å². The summed E-state index contributed by atoms with van der Waals surface area (Å²) in [5.74, 6) is -0.851. The zero-order valence-electron chi connectivity index (χ0n) is 15.5. The third-order valence-electron chi connectivity index (χ3n) is 5.88. The van der Waals surface area contributed by atoms with Gasteiger partial charge in [0.05, 0.1) is 6.04 Å². The number of nitrogens with one attached hydrogen (secondary N) is 1. The van der Waals surface area contributed by atoms with Crippen LogP contribution in [0.5, 0.6) is 0 Å². The maximum atomic E-state index is 13.1. The van der Waals surface area contributed by atoms with E-state index < -0.39 is 6.04 Å². The van der Waals surface area contributed by atoms with Gasteiger partial charge in [0.1, 0.15) is 17.4 Å². The van der Waals surface area contributed by atoms with Crippen LogP contribution in [0.2, 0.25) is 0 Å². The molecule has 5 nitrogen and oxygen atoms in total. The Morgan fingerprint density at radius 3 is 2.57 bits per heavy atom. The molecule has 0 aliphatic carbocycles. The molecule has 2 aliphatic rings. The van der Waals surface area contributed by atoms with Crippen molar-refractivity contribution < 1.29 is 14.7 Å². The van der Waals surface area contributed by atoms with Crippen molar-refractivity contribution in [2.24, 2.45) is 0 Å². The maximum Gasteiger partial charge on any atom is 0.262 e. The lowest BCUT2D eigenvalue weighted by Crippen LogP contribution is -2.44.